The molecular weight excluding hydrogens is 365 g/mol. The third-order valence-electron chi connectivity index (χ3n) is 3.46. The van der Waals surface area contributed by atoms with Crippen LogP contribution in [0, 0.1) is 17.5 Å². The Morgan fingerprint density at radius 3 is 2.56 bits per heavy atom. The quantitative estimate of drug-likeness (QED) is 0.657. The highest BCUT2D eigenvalue weighted by Crippen LogP contribution is 2.19. The Balaban J connectivity index is 1.67. The first-order valence-electron chi connectivity index (χ1n) is 7.51. The third-order valence-corrected chi connectivity index (χ3v) is 3.46. The Morgan fingerprint density at radius 1 is 1.04 bits per heavy atom. The van der Waals surface area contributed by atoms with Crippen molar-refractivity contribution in [3.8, 4) is 5.69 Å². The molecule has 1 aromatic heterocycles. The van der Waals surface area contributed by atoms with Crippen molar-refractivity contribution in [3.05, 3.63) is 65.7 Å². The lowest BCUT2D eigenvalue weighted by Crippen LogP contribution is -2.33. The second-order valence-electron chi connectivity index (χ2n) is 5.23. The predicted octanol–water partition coefficient (Wildman–Crippen LogP) is 1.45. The van der Waals surface area contributed by atoms with Crippen molar-refractivity contribution in [1.82, 2.24) is 25.5 Å². The van der Waals surface area contributed by atoms with Crippen LogP contribution >= 0.6 is 0 Å². The molecule has 27 heavy (non-hydrogen) atoms. The molecule has 0 saturated heterocycles. The summed E-state index contributed by atoms with van der Waals surface area (Å²) in [4.78, 5) is 24.2. The summed E-state index contributed by atoms with van der Waals surface area (Å²) in [5, 5.41) is 15.1. The number of anilines is 1. The number of carbonyl (C=O) groups is 2. The number of halogens is 3. The minimum Gasteiger partial charge on any atom is -0.343 e. The van der Waals surface area contributed by atoms with Gasteiger partial charge in [-0.25, -0.2) is 13.2 Å². The van der Waals surface area contributed by atoms with E-state index in [1.165, 1.54) is 17.1 Å². The van der Waals surface area contributed by atoms with Crippen molar-refractivity contribution >= 4 is 17.5 Å². The number of hydrogen-bond donors (Lipinski definition) is 2. The average molecular weight is 376 g/mol. The summed E-state index contributed by atoms with van der Waals surface area (Å²) < 4.78 is 40.9. The molecule has 1 heterocycles. The SMILES string of the molecule is O=C(CNC(=O)c1ccccc1-n1cnnn1)Nc1ccc(F)c(F)c1F. The number of nitrogens with zero attached hydrogens (tertiary/aromatic N) is 4. The average Bonchev–Trinajstić information content (AvgIpc) is 3.21. The molecule has 3 aromatic rings. The molecule has 0 aliphatic rings. The zero-order chi connectivity index (χ0) is 19.4. The first kappa shape index (κ1) is 18.0. The first-order chi connectivity index (χ1) is 13.0. The lowest BCUT2D eigenvalue weighted by molar-refractivity contribution is -0.115. The summed E-state index contributed by atoms with van der Waals surface area (Å²) in [6, 6.07) is 7.93. The summed E-state index contributed by atoms with van der Waals surface area (Å²) >= 11 is 0. The molecule has 0 atom stereocenters. The molecule has 138 valence electrons. The molecule has 0 unspecified atom stereocenters. The largest absolute Gasteiger partial charge is 0.343 e. The van der Waals surface area contributed by atoms with Crippen LogP contribution < -0.4 is 10.6 Å². The van der Waals surface area contributed by atoms with Crippen LogP contribution in [0.2, 0.25) is 0 Å². The molecule has 2 aromatic carbocycles. The Morgan fingerprint density at radius 2 is 1.81 bits per heavy atom. The van der Waals surface area contributed by atoms with Crippen LogP contribution in [-0.4, -0.2) is 38.6 Å². The van der Waals surface area contributed by atoms with Gasteiger partial charge in [0.25, 0.3) is 5.91 Å². The number of amides is 2. The van der Waals surface area contributed by atoms with Crippen LogP contribution in [0.15, 0.2) is 42.7 Å². The molecule has 0 aliphatic heterocycles. The van der Waals surface area contributed by atoms with Crippen molar-refractivity contribution in [2.45, 2.75) is 0 Å². The number of para-hydroxylation sites is 1. The van der Waals surface area contributed by atoms with E-state index in [0.717, 1.165) is 6.07 Å². The lowest BCUT2D eigenvalue weighted by Gasteiger charge is -2.10. The zero-order valence-corrected chi connectivity index (χ0v) is 13.5. The molecule has 11 heteroatoms. The van der Waals surface area contributed by atoms with Gasteiger partial charge in [0.15, 0.2) is 17.5 Å². The minimum absolute atomic E-state index is 0.191. The highest BCUT2D eigenvalue weighted by molar-refractivity contribution is 6.01. The minimum atomic E-state index is -1.70. The van der Waals surface area contributed by atoms with Crippen LogP contribution in [0.1, 0.15) is 10.4 Å². The van der Waals surface area contributed by atoms with Gasteiger partial charge in [-0.3, -0.25) is 9.59 Å². The third kappa shape index (κ3) is 3.92. The number of nitrogens with one attached hydrogen (secondary N) is 2. The first-order valence-corrected chi connectivity index (χ1v) is 7.51. The maximum absolute atomic E-state index is 13.6. The Hall–Kier alpha value is -3.76. The van der Waals surface area contributed by atoms with Gasteiger partial charge in [0.2, 0.25) is 5.91 Å². The standard InChI is InChI=1S/C16H11F3N6O2/c17-10-5-6-11(15(19)14(10)18)22-13(26)7-20-16(27)9-3-1-2-4-12(9)25-8-21-23-24-25/h1-6,8H,7H2,(H,20,27)(H,22,26). The smallest absolute Gasteiger partial charge is 0.253 e. The van der Waals surface area contributed by atoms with Gasteiger partial charge in [-0.1, -0.05) is 12.1 Å². The molecule has 0 fully saturated rings. The molecule has 3 rings (SSSR count). The maximum atomic E-state index is 13.6. The van der Waals surface area contributed by atoms with Crippen molar-refractivity contribution in [1.29, 1.82) is 0 Å². The number of aromatic nitrogens is 4. The van der Waals surface area contributed by atoms with E-state index in [1.54, 1.807) is 18.2 Å². The summed E-state index contributed by atoms with van der Waals surface area (Å²) in [6.45, 7) is -0.527. The van der Waals surface area contributed by atoms with Crippen molar-refractivity contribution < 1.29 is 22.8 Å². The van der Waals surface area contributed by atoms with Crippen LogP contribution in [0.3, 0.4) is 0 Å². The molecule has 8 nitrogen and oxygen atoms in total. The van der Waals surface area contributed by atoms with E-state index in [9.17, 15) is 22.8 Å². The second-order valence-corrected chi connectivity index (χ2v) is 5.23. The van der Waals surface area contributed by atoms with Gasteiger partial charge in [0.05, 0.1) is 23.5 Å². The van der Waals surface area contributed by atoms with Gasteiger partial charge < -0.3 is 10.6 Å². The molecule has 0 saturated carbocycles. The molecule has 0 spiro atoms. The van der Waals surface area contributed by atoms with E-state index >= 15 is 0 Å². The van der Waals surface area contributed by atoms with E-state index in [-0.39, 0.29) is 5.56 Å². The molecule has 2 N–H and O–H groups in total. The van der Waals surface area contributed by atoms with Gasteiger partial charge in [-0.05, 0) is 34.7 Å². The summed E-state index contributed by atoms with van der Waals surface area (Å²) in [5.74, 6) is -6.04. The number of carbonyl (C=O) groups excluding carboxylic acids is 2. The number of benzene rings is 2. The van der Waals surface area contributed by atoms with Crippen LogP contribution in [0.25, 0.3) is 5.69 Å². The van der Waals surface area contributed by atoms with Crippen LogP contribution in [0.5, 0.6) is 0 Å². The topological polar surface area (TPSA) is 102 Å². The molecule has 0 radical (unpaired) electrons. The monoisotopic (exact) mass is 376 g/mol. The molecule has 0 aliphatic carbocycles. The second kappa shape index (κ2) is 7.64. The zero-order valence-electron chi connectivity index (χ0n) is 13.5. The Labute approximate surface area is 150 Å². The van der Waals surface area contributed by atoms with Gasteiger partial charge in [0, 0.05) is 0 Å². The van der Waals surface area contributed by atoms with Crippen LogP contribution in [0.4, 0.5) is 18.9 Å². The van der Waals surface area contributed by atoms with Crippen molar-refractivity contribution in [2.24, 2.45) is 0 Å². The van der Waals surface area contributed by atoms with Crippen molar-refractivity contribution in [2.75, 3.05) is 11.9 Å². The Kier molecular flexibility index (Phi) is 5.11. The molecule has 2 amide bonds. The van der Waals surface area contributed by atoms with Crippen LogP contribution in [-0.2, 0) is 4.79 Å². The maximum Gasteiger partial charge on any atom is 0.253 e. The normalized spacial score (nSPS) is 10.5. The summed E-state index contributed by atoms with van der Waals surface area (Å²) in [7, 11) is 0. The number of hydrogen-bond acceptors (Lipinski definition) is 5. The van der Waals surface area contributed by atoms with Crippen molar-refractivity contribution in [3.63, 3.8) is 0 Å². The van der Waals surface area contributed by atoms with E-state index in [4.69, 9.17) is 0 Å². The number of tetrazole rings is 1. The highest BCUT2D eigenvalue weighted by atomic mass is 19.2. The Bertz CT molecular complexity index is 994. The highest BCUT2D eigenvalue weighted by Gasteiger charge is 2.17. The predicted molar refractivity (Wildman–Crippen MR) is 86.4 cm³/mol. The van der Waals surface area contributed by atoms with Gasteiger partial charge >= 0.3 is 0 Å². The summed E-state index contributed by atoms with van der Waals surface area (Å²) in [5.41, 5.74) is 0.0332. The van der Waals surface area contributed by atoms with E-state index in [2.05, 4.69) is 26.2 Å². The van der Waals surface area contributed by atoms with Gasteiger partial charge in [-0.15, -0.1) is 5.10 Å². The fourth-order valence-corrected chi connectivity index (χ4v) is 2.21. The fraction of sp³-hybridized carbons (Fsp3) is 0.0625. The van der Waals surface area contributed by atoms with E-state index in [0.29, 0.717) is 11.8 Å². The van der Waals surface area contributed by atoms with Gasteiger partial charge in [-0.2, -0.15) is 4.68 Å². The molecular formula is C16H11F3N6O2. The van der Waals surface area contributed by atoms with E-state index in [1.807, 2.05) is 0 Å². The number of rotatable bonds is 5. The summed E-state index contributed by atoms with van der Waals surface area (Å²) in [6.07, 6.45) is 1.30. The van der Waals surface area contributed by atoms with E-state index < -0.39 is 41.5 Å². The van der Waals surface area contributed by atoms with Gasteiger partial charge in [0.1, 0.15) is 6.33 Å². The molecule has 0 bridgehead atoms. The fourth-order valence-electron chi connectivity index (χ4n) is 2.21. The lowest BCUT2D eigenvalue weighted by atomic mass is 10.1.